The van der Waals surface area contributed by atoms with Crippen LogP contribution >= 0.6 is 0 Å². The van der Waals surface area contributed by atoms with E-state index in [0.717, 1.165) is 6.08 Å². The van der Waals surface area contributed by atoms with Crippen molar-refractivity contribution in [2.75, 3.05) is 0 Å². The third-order valence-corrected chi connectivity index (χ3v) is 1.54. The lowest BCUT2D eigenvalue weighted by Crippen LogP contribution is -2.34. The standard InChI is InChI=1S/C5H11NO2.C5H6O3/c1-3(2)4(6)5(7)8;1-4(3-6)2-5(7)8/h3-4H,6H2,1-2H3,(H,7,8);2-3H,1H3,(H,7,8)/b;4-2-/t4-;/m0./s1. The molecule has 0 aromatic heterocycles. The topological polar surface area (TPSA) is 118 Å². The molecule has 0 spiro atoms. The lowest BCUT2D eigenvalue weighted by molar-refractivity contribution is -0.139. The number of carbonyl (C=O) groups is 3. The zero-order valence-electron chi connectivity index (χ0n) is 9.51. The molecule has 0 aliphatic carbocycles. The second-order valence-electron chi connectivity index (χ2n) is 3.45. The second kappa shape index (κ2) is 8.60. The minimum Gasteiger partial charge on any atom is -0.480 e. The first-order valence-corrected chi connectivity index (χ1v) is 4.57. The van der Waals surface area contributed by atoms with Crippen molar-refractivity contribution in [2.45, 2.75) is 26.8 Å². The van der Waals surface area contributed by atoms with Crippen molar-refractivity contribution >= 4 is 18.2 Å². The first kappa shape index (κ1) is 16.7. The maximum absolute atomic E-state index is 10.0. The van der Waals surface area contributed by atoms with Crippen LogP contribution in [0.2, 0.25) is 0 Å². The maximum Gasteiger partial charge on any atom is 0.328 e. The molecule has 0 rings (SSSR count). The van der Waals surface area contributed by atoms with Crippen LogP contribution in [0.1, 0.15) is 20.8 Å². The van der Waals surface area contributed by atoms with E-state index in [-0.39, 0.29) is 11.5 Å². The molecule has 0 saturated carbocycles. The smallest absolute Gasteiger partial charge is 0.328 e. The van der Waals surface area contributed by atoms with E-state index in [0.29, 0.717) is 6.29 Å². The number of carboxylic acid groups (broad SMARTS) is 2. The average molecular weight is 231 g/mol. The van der Waals surface area contributed by atoms with Gasteiger partial charge in [0.1, 0.15) is 12.3 Å². The van der Waals surface area contributed by atoms with Gasteiger partial charge in [0, 0.05) is 6.08 Å². The molecular weight excluding hydrogens is 214 g/mol. The molecule has 4 N–H and O–H groups in total. The summed E-state index contributed by atoms with van der Waals surface area (Å²) in [6, 6.07) is -0.713. The molecule has 0 unspecified atom stereocenters. The molecule has 6 nitrogen and oxygen atoms in total. The van der Waals surface area contributed by atoms with Crippen molar-refractivity contribution in [3.63, 3.8) is 0 Å². The van der Waals surface area contributed by atoms with E-state index in [1.54, 1.807) is 13.8 Å². The summed E-state index contributed by atoms with van der Waals surface area (Å²) in [4.78, 5) is 29.5. The number of carboxylic acids is 2. The molecule has 0 aliphatic heterocycles. The molecule has 0 amide bonds. The lowest BCUT2D eigenvalue weighted by atomic mass is 10.1. The van der Waals surface area contributed by atoms with Gasteiger partial charge < -0.3 is 15.9 Å². The first-order chi connectivity index (χ1) is 7.22. The van der Waals surface area contributed by atoms with E-state index in [2.05, 4.69) is 0 Å². The molecule has 0 aromatic rings. The summed E-state index contributed by atoms with van der Waals surface area (Å²) in [5, 5.41) is 16.2. The van der Waals surface area contributed by atoms with Crippen LogP contribution in [0.3, 0.4) is 0 Å². The molecule has 0 radical (unpaired) electrons. The van der Waals surface area contributed by atoms with Gasteiger partial charge in [0.2, 0.25) is 0 Å². The summed E-state index contributed by atoms with van der Waals surface area (Å²) in [7, 11) is 0. The van der Waals surface area contributed by atoms with Crippen molar-refractivity contribution in [3.8, 4) is 0 Å². The highest BCUT2D eigenvalue weighted by Gasteiger charge is 2.14. The number of allylic oxidation sites excluding steroid dienone is 1. The summed E-state index contributed by atoms with van der Waals surface area (Å²) in [6.45, 7) is 4.98. The van der Waals surface area contributed by atoms with E-state index in [9.17, 15) is 14.4 Å². The fourth-order valence-corrected chi connectivity index (χ4v) is 0.514. The number of hydrogen-bond donors (Lipinski definition) is 3. The fourth-order valence-electron chi connectivity index (χ4n) is 0.514. The summed E-state index contributed by atoms with van der Waals surface area (Å²) < 4.78 is 0. The van der Waals surface area contributed by atoms with Crippen molar-refractivity contribution in [3.05, 3.63) is 11.6 Å². The lowest BCUT2D eigenvalue weighted by Gasteiger charge is -2.07. The quantitative estimate of drug-likeness (QED) is 0.472. The Hall–Kier alpha value is -1.69. The minimum atomic E-state index is -1.09. The molecule has 0 fully saturated rings. The van der Waals surface area contributed by atoms with Crippen LogP contribution in [0, 0.1) is 5.92 Å². The SMILES string of the molecule is C/C(C=O)=C/C(=O)O.CC(C)[C@H](N)C(=O)O. The monoisotopic (exact) mass is 231 g/mol. The van der Waals surface area contributed by atoms with Crippen molar-refractivity contribution in [1.82, 2.24) is 0 Å². The van der Waals surface area contributed by atoms with Crippen LogP contribution in [0.15, 0.2) is 11.6 Å². The Labute approximate surface area is 93.8 Å². The van der Waals surface area contributed by atoms with Gasteiger partial charge in [0.25, 0.3) is 0 Å². The largest absolute Gasteiger partial charge is 0.480 e. The number of hydrogen-bond acceptors (Lipinski definition) is 4. The molecule has 0 bridgehead atoms. The van der Waals surface area contributed by atoms with Crippen LogP contribution < -0.4 is 5.73 Å². The zero-order valence-corrected chi connectivity index (χ0v) is 9.51. The minimum absolute atomic E-state index is 0.0208. The molecule has 0 heterocycles. The van der Waals surface area contributed by atoms with Gasteiger partial charge in [-0.1, -0.05) is 13.8 Å². The summed E-state index contributed by atoms with van der Waals surface area (Å²) in [5.41, 5.74) is 5.38. The highest BCUT2D eigenvalue weighted by molar-refractivity contribution is 5.87. The Balaban J connectivity index is 0. The Kier molecular flexibility index (Phi) is 9.00. The highest BCUT2D eigenvalue weighted by atomic mass is 16.4. The Morgan fingerprint density at radius 3 is 1.75 bits per heavy atom. The van der Waals surface area contributed by atoms with Gasteiger partial charge in [-0.25, -0.2) is 4.79 Å². The molecular formula is C10H17NO5. The highest BCUT2D eigenvalue weighted by Crippen LogP contribution is 1.96. The van der Waals surface area contributed by atoms with Crippen LogP contribution in [0.4, 0.5) is 0 Å². The van der Waals surface area contributed by atoms with Crippen molar-refractivity contribution in [1.29, 1.82) is 0 Å². The summed E-state index contributed by atoms with van der Waals surface area (Å²) >= 11 is 0. The molecule has 1 atom stereocenters. The first-order valence-electron chi connectivity index (χ1n) is 4.57. The van der Waals surface area contributed by atoms with Crippen LogP contribution in [0.25, 0.3) is 0 Å². The molecule has 0 aromatic carbocycles. The van der Waals surface area contributed by atoms with E-state index < -0.39 is 18.0 Å². The molecule has 6 heteroatoms. The normalized spacial score (nSPS) is 12.4. The van der Waals surface area contributed by atoms with Gasteiger partial charge in [0.15, 0.2) is 0 Å². The Morgan fingerprint density at radius 2 is 1.69 bits per heavy atom. The third-order valence-electron chi connectivity index (χ3n) is 1.54. The van der Waals surface area contributed by atoms with Gasteiger partial charge in [0.05, 0.1) is 0 Å². The Morgan fingerprint density at radius 1 is 1.25 bits per heavy atom. The van der Waals surface area contributed by atoms with Gasteiger partial charge in [-0.2, -0.15) is 0 Å². The molecule has 16 heavy (non-hydrogen) atoms. The predicted octanol–water partition coefficient (Wildman–Crippen LogP) is 0.271. The summed E-state index contributed by atoms with van der Waals surface area (Å²) in [5.74, 6) is -2.00. The van der Waals surface area contributed by atoms with E-state index in [4.69, 9.17) is 15.9 Å². The van der Waals surface area contributed by atoms with E-state index >= 15 is 0 Å². The van der Waals surface area contributed by atoms with Gasteiger partial charge in [-0.3, -0.25) is 9.59 Å². The number of aliphatic carboxylic acids is 2. The third kappa shape index (κ3) is 10.4. The van der Waals surface area contributed by atoms with Crippen molar-refractivity contribution in [2.24, 2.45) is 11.7 Å². The number of rotatable bonds is 4. The van der Waals surface area contributed by atoms with Gasteiger partial charge >= 0.3 is 11.9 Å². The van der Waals surface area contributed by atoms with Crippen LogP contribution in [-0.2, 0) is 14.4 Å². The van der Waals surface area contributed by atoms with E-state index in [1.165, 1.54) is 6.92 Å². The number of carbonyl (C=O) groups excluding carboxylic acids is 1. The molecule has 0 saturated heterocycles. The average Bonchev–Trinajstić information content (AvgIpc) is 2.16. The zero-order chi connectivity index (χ0) is 13.3. The number of nitrogens with two attached hydrogens (primary N) is 1. The molecule has 92 valence electrons. The fraction of sp³-hybridized carbons (Fsp3) is 0.500. The predicted molar refractivity (Wildman–Crippen MR) is 57.9 cm³/mol. The Bertz CT molecular complexity index is 283. The van der Waals surface area contributed by atoms with E-state index in [1.807, 2.05) is 0 Å². The van der Waals surface area contributed by atoms with Crippen LogP contribution in [0.5, 0.6) is 0 Å². The molecule has 0 aliphatic rings. The van der Waals surface area contributed by atoms with Gasteiger partial charge in [-0.05, 0) is 18.4 Å². The second-order valence-corrected chi connectivity index (χ2v) is 3.45. The summed E-state index contributed by atoms with van der Waals surface area (Å²) in [6.07, 6.45) is 1.35. The van der Waals surface area contributed by atoms with Crippen molar-refractivity contribution < 1.29 is 24.6 Å². The van der Waals surface area contributed by atoms with Crippen LogP contribution in [-0.4, -0.2) is 34.5 Å². The van der Waals surface area contributed by atoms with Gasteiger partial charge in [-0.15, -0.1) is 0 Å². The number of aldehydes is 1. The maximum atomic E-state index is 10.0.